The molecule has 0 aliphatic heterocycles. The minimum Gasteiger partial charge on any atom is -0.459 e. The lowest BCUT2D eigenvalue weighted by Crippen LogP contribution is -2.34. The first-order valence-electron chi connectivity index (χ1n) is 8.36. The number of nitrogens with zero attached hydrogens (tertiary/aromatic N) is 1. The maximum absolute atomic E-state index is 12.8. The van der Waals surface area contributed by atoms with Crippen molar-refractivity contribution in [2.45, 2.75) is 25.8 Å². The van der Waals surface area contributed by atoms with Crippen molar-refractivity contribution in [1.29, 1.82) is 0 Å². The molecule has 2 N–H and O–H groups in total. The molecule has 1 unspecified atom stereocenters. The van der Waals surface area contributed by atoms with Gasteiger partial charge in [0.25, 0.3) is 5.91 Å². The van der Waals surface area contributed by atoms with E-state index in [1.54, 1.807) is 4.72 Å². The lowest BCUT2D eigenvalue weighted by molar-refractivity contribution is -0.142. The van der Waals surface area contributed by atoms with Crippen LogP contribution in [0.1, 0.15) is 40.2 Å². The van der Waals surface area contributed by atoms with Gasteiger partial charge < -0.3 is 9.84 Å². The summed E-state index contributed by atoms with van der Waals surface area (Å²) in [5, 5.41) is 10.0. The highest BCUT2D eigenvalue weighted by Crippen LogP contribution is 2.30. The molecule has 0 aliphatic rings. The minimum absolute atomic E-state index is 0.126. The average molecular weight is 446 g/mol. The number of hydrogen-bond donors (Lipinski definition) is 2. The normalized spacial score (nSPS) is 12.8. The summed E-state index contributed by atoms with van der Waals surface area (Å²) in [7, 11) is -4.38. The van der Waals surface area contributed by atoms with Gasteiger partial charge in [0, 0.05) is 13.1 Å². The monoisotopic (exact) mass is 446 g/mol. The van der Waals surface area contributed by atoms with Crippen LogP contribution in [0.3, 0.4) is 0 Å². The van der Waals surface area contributed by atoms with E-state index in [9.17, 15) is 36.3 Å². The molecule has 0 saturated heterocycles. The van der Waals surface area contributed by atoms with Gasteiger partial charge in [-0.05, 0) is 29.8 Å². The molecule has 1 heterocycles. The average Bonchev–Trinajstić information content (AvgIpc) is 2.65. The maximum atomic E-state index is 12.8. The molecule has 0 spiro atoms. The summed E-state index contributed by atoms with van der Waals surface area (Å²) in [4.78, 5) is 26.7. The molecule has 12 heteroatoms. The Morgan fingerprint density at radius 1 is 1.23 bits per heavy atom. The first-order chi connectivity index (χ1) is 13.9. The maximum Gasteiger partial charge on any atom is 0.416 e. The lowest BCUT2D eigenvalue weighted by atomic mass is 10.1. The molecular weight excluding hydrogens is 429 g/mol. The Kier molecular flexibility index (Phi) is 7.16. The highest BCUT2D eigenvalue weighted by atomic mass is 32.2. The number of pyridine rings is 1. The van der Waals surface area contributed by atoms with E-state index in [1.165, 1.54) is 19.1 Å². The smallest absolute Gasteiger partial charge is 0.416 e. The number of rotatable bonds is 7. The molecule has 8 nitrogen and oxygen atoms in total. The van der Waals surface area contributed by atoms with Crippen molar-refractivity contribution in [2.24, 2.45) is 0 Å². The second-order valence-electron chi connectivity index (χ2n) is 6.17. The second-order valence-corrected chi connectivity index (χ2v) is 7.94. The van der Waals surface area contributed by atoms with Crippen LogP contribution in [-0.4, -0.2) is 36.1 Å². The Hall–Kier alpha value is -2.99. The molecule has 0 radical (unpaired) electrons. The second kappa shape index (κ2) is 9.22. The molecule has 0 bridgehead atoms. The summed E-state index contributed by atoms with van der Waals surface area (Å²) < 4.78 is 69.0. The van der Waals surface area contributed by atoms with Gasteiger partial charge in [-0.15, -0.1) is 0 Å². The SMILES string of the molecule is CC(=O)OCc1ccc(C(=O)NS(=O)(=O)CC(O)c2cccc(C(F)(F)F)c2)cn1. The number of hydrogen-bond acceptors (Lipinski definition) is 7. The van der Waals surface area contributed by atoms with E-state index < -0.39 is 45.5 Å². The highest BCUT2D eigenvalue weighted by molar-refractivity contribution is 7.90. The van der Waals surface area contributed by atoms with Crippen molar-refractivity contribution < 1.29 is 41.0 Å². The van der Waals surface area contributed by atoms with Crippen LogP contribution in [0.15, 0.2) is 42.6 Å². The van der Waals surface area contributed by atoms with Crippen molar-refractivity contribution in [3.05, 3.63) is 65.0 Å². The summed E-state index contributed by atoms with van der Waals surface area (Å²) in [6.45, 7) is 1.08. The number of ether oxygens (including phenoxy) is 1. The Morgan fingerprint density at radius 2 is 1.93 bits per heavy atom. The van der Waals surface area contributed by atoms with Crippen LogP contribution in [0.25, 0.3) is 0 Å². The zero-order valence-electron chi connectivity index (χ0n) is 15.5. The fourth-order valence-electron chi connectivity index (χ4n) is 2.29. The lowest BCUT2D eigenvalue weighted by Gasteiger charge is -2.14. The number of aliphatic hydroxyl groups is 1. The number of halogens is 3. The third-order valence-electron chi connectivity index (χ3n) is 3.73. The predicted octanol–water partition coefficient (Wildman–Crippen LogP) is 1.96. The van der Waals surface area contributed by atoms with Gasteiger partial charge in [-0.1, -0.05) is 12.1 Å². The molecule has 1 aromatic carbocycles. The number of sulfonamides is 1. The van der Waals surface area contributed by atoms with Gasteiger partial charge in [0.15, 0.2) is 0 Å². The summed E-state index contributed by atoms with van der Waals surface area (Å²) in [5.74, 6) is -2.60. The zero-order chi connectivity index (χ0) is 22.5. The Labute approximate surface area is 169 Å². The van der Waals surface area contributed by atoms with E-state index >= 15 is 0 Å². The topological polar surface area (TPSA) is 123 Å². The van der Waals surface area contributed by atoms with E-state index in [0.717, 1.165) is 24.4 Å². The fourth-order valence-corrected chi connectivity index (χ4v) is 3.38. The molecule has 2 rings (SSSR count). The molecule has 0 saturated carbocycles. The van der Waals surface area contributed by atoms with Gasteiger partial charge in [-0.25, -0.2) is 13.1 Å². The number of esters is 1. The van der Waals surface area contributed by atoms with Crippen molar-refractivity contribution in [3.8, 4) is 0 Å². The van der Waals surface area contributed by atoms with Crippen LogP contribution in [-0.2, 0) is 32.3 Å². The quantitative estimate of drug-likeness (QED) is 0.624. The molecule has 30 heavy (non-hydrogen) atoms. The number of carbonyl (C=O) groups excluding carboxylic acids is 2. The van der Waals surface area contributed by atoms with Crippen molar-refractivity contribution in [1.82, 2.24) is 9.71 Å². The van der Waals surface area contributed by atoms with E-state index in [2.05, 4.69) is 4.98 Å². The van der Waals surface area contributed by atoms with Crippen molar-refractivity contribution in [2.75, 3.05) is 5.75 Å². The number of aromatic nitrogens is 1. The van der Waals surface area contributed by atoms with Gasteiger partial charge in [-0.2, -0.15) is 13.2 Å². The third kappa shape index (κ3) is 6.81. The predicted molar refractivity (Wildman–Crippen MR) is 97.4 cm³/mol. The molecule has 0 fully saturated rings. The number of aliphatic hydroxyl groups excluding tert-OH is 1. The summed E-state index contributed by atoms with van der Waals surface area (Å²) in [6, 6.07) is 6.19. The largest absolute Gasteiger partial charge is 0.459 e. The van der Waals surface area contributed by atoms with Crippen LogP contribution >= 0.6 is 0 Å². The first kappa shape index (κ1) is 23.3. The number of nitrogens with one attached hydrogen (secondary N) is 1. The Bertz CT molecular complexity index is 1020. The standard InChI is InChI=1S/C18H17F3N2O6S/c1-11(24)29-9-15-6-5-13(8-22-15)17(26)23-30(27,28)10-16(25)12-3-2-4-14(7-12)18(19,20)21/h2-8,16,25H,9-10H2,1H3,(H,23,26). The molecule has 1 aromatic heterocycles. The van der Waals surface area contributed by atoms with Gasteiger partial charge in [0.05, 0.1) is 28.7 Å². The molecule has 162 valence electrons. The third-order valence-corrected chi connectivity index (χ3v) is 4.99. The number of benzene rings is 1. The first-order valence-corrected chi connectivity index (χ1v) is 10.0. The number of alkyl halides is 3. The molecule has 1 atom stereocenters. The molecule has 0 aliphatic carbocycles. The Morgan fingerprint density at radius 3 is 2.50 bits per heavy atom. The summed E-state index contributed by atoms with van der Waals surface area (Å²) in [6.07, 6.45) is -5.38. The van der Waals surface area contributed by atoms with Crippen molar-refractivity contribution >= 4 is 21.9 Å². The minimum atomic E-state index is -4.66. The number of carbonyl (C=O) groups is 2. The highest BCUT2D eigenvalue weighted by Gasteiger charge is 2.31. The van der Waals surface area contributed by atoms with E-state index in [-0.39, 0.29) is 17.7 Å². The summed E-state index contributed by atoms with van der Waals surface area (Å²) >= 11 is 0. The van der Waals surface area contributed by atoms with E-state index in [1.807, 2.05) is 0 Å². The van der Waals surface area contributed by atoms with E-state index in [0.29, 0.717) is 11.8 Å². The van der Waals surface area contributed by atoms with Gasteiger partial charge in [-0.3, -0.25) is 14.6 Å². The van der Waals surface area contributed by atoms with Crippen LogP contribution in [0.5, 0.6) is 0 Å². The van der Waals surface area contributed by atoms with E-state index in [4.69, 9.17) is 4.74 Å². The fraction of sp³-hybridized carbons (Fsp3) is 0.278. The molecule has 2 aromatic rings. The van der Waals surface area contributed by atoms with Crippen LogP contribution in [0, 0.1) is 0 Å². The number of amides is 1. The van der Waals surface area contributed by atoms with Gasteiger partial charge in [0.2, 0.25) is 10.0 Å². The van der Waals surface area contributed by atoms with Crippen LogP contribution in [0.4, 0.5) is 13.2 Å². The van der Waals surface area contributed by atoms with Gasteiger partial charge >= 0.3 is 12.1 Å². The molecular formula is C18H17F3N2O6S. The molecule has 1 amide bonds. The van der Waals surface area contributed by atoms with Crippen LogP contribution < -0.4 is 4.72 Å². The van der Waals surface area contributed by atoms with Gasteiger partial charge in [0.1, 0.15) is 6.61 Å². The van der Waals surface area contributed by atoms with Crippen molar-refractivity contribution in [3.63, 3.8) is 0 Å². The van der Waals surface area contributed by atoms with Crippen LogP contribution in [0.2, 0.25) is 0 Å². The zero-order valence-corrected chi connectivity index (χ0v) is 16.3. The summed E-state index contributed by atoms with van der Waals surface area (Å²) in [5.41, 5.74) is -1.11. The Balaban J connectivity index is 2.04.